The molecule has 1 saturated heterocycles. The van der Waals surface area contributed by atoms with E-state index in [0.717, 1.165) is 49.4 Å². The standard InChI is InChI=1S/C17H23NO3/c1-18-15(12-20-11-13-6-8-19-9-7-13)17-10-14-4-2-3-5-16(14)21-17/h2-5,10,13,15,18H,6-9,11-12H2,1H3. The second-order valence-electron chi connectivity index (χ2n) is 5.62. The Bertz CT molecular complexity index is 527. The van der Waals surface area contributed by atoms with Crippen molar-refractivity contribution in [3.05, 3.63) is 36.1 Å². The van der Waals surface area contributed by atoms with Gasteiger partial charge in [-0.25, -0.2) is 0 Å². The van der Waals surface area contributed by atoms with E-state index in [4.69, 9.17) is 13.9 Å². The summed E-state index contributed by atoms with van der Waals surface area (Å²) in [5.74, 6) is 1.57. The zero-order valence-electron chi connectivity index (χ0n) is 12.5. The third kappa shape index (κ3) is 3.64. The molecule has 1 aromatic heterocycles. The van der Waals surface area contributed by atoms with E-state index in [-0.39, 0.29) is 6.04 Å². The van der Waals surface area contributed by atoms with Gasteiger partial charge in [0.1, 0.15) is 11.3 Å². The topological polar surface area (TPSA) is 43.6 Å². The number of ether oxygens (including phenoxy) is 2. The third-order valence-electron chi connectivity index (χ3n) is 4.12. The van der Waals surface area contributed by atoms with Crippen molar-refractivity contribution in [2.24, 2.45) is 5.92 Å². The SMILES string of the molecule is CNC(COCC1CCOCC1)c1cc2ccccc2o1. The molecule has 2 heterocycles. The molecule has 1 aromatic carbocycles. The van der Waals surface area contributed by atoms with Gasteiger partial charge in [0, 0.05) is 25.2 Å². The summed E-state index contributed by atoms with van der Waals surface area (Å²) in [5.41, 5.74) is 0.928. The van der Waals surface area contributed by atoms with E-state index in [1.165, 1.54) is 0 Å². The molecule has 1 unspecified atom stereocenters. The van der Waals surface area contributed by atoms with Gasteiger partial charge < -0.3 is 19.2 Å². The summed E-state index contributed by atoms with van der Waals surface area (Å²) in [5, 5.41) is 4.41. The van der Waals surface area contributed by atoms with Crippen molar-refractivity contribution in [1.29, 1.82) is 0 Å². The van der Waals surface area contributed by atoms with E-state index < -0.39 is 0 Å². The summed E-state index contributed by atoms with van der Waals surface area (Å²) >= 11 is 0. The molecular formula is C17H23NO3. The first-order chi connectivity index (χ1) is 10.4. The van der Waals surface area contributed by atoms with Crippen LogP contribution in [0, 0.1) is 5.92 Å². The Morgan fingerprint density at radius 2 is 2.10 bits per heavy atom. The van der Waals surface area contributed by atoms with Gasteiger partial charge in [-0.2, -0.15) is 0 Å². The molecule has 114 valence electrons. The number of para-hydroxylation sites is 1. The summed E-state index contributed by atoms with van der Waals surface area (Å²) < 4.78 is 17.2. The molecule has 0 spiro atoms. The first-order valence-corrected chi connectivity index (χ1v) is 7.68. The Hall–Kier alpha value is -1.36. The van der Waals surface area contributed by atoms with Crippen LogP contribution in [0.5, 0.6) is 0 Å². The molecule has 1 N–H and O–H groups in total. The fourth-order valence-electron chi connectivity index (χ4n) is 2.75. The van der Waals surface area contributed by atoms with Crippen LogP contribution in [0.1, 0.15) is 24.6 Å². The van der Waals surface area contributed by atoms with Crippen LogP contribution in [-0.4, -0.2) is 33.5 Å². The molecule has 3 rings (SSSR count). The van der Waals surface area contributed by atoms with Gasteiger partial charge in [0.2, 0.25) is 0 Å². The van der Waals surface area contributed by atoms with Gasteiger partial charge in [0.15, 0.2) is 0 Å². The van der Waals surface area contributed by atoms with Crippen molar-refractivity contribution >= 4 is 11.0 Å². The minimum Gasteiger partial charge on any atom is -0.459 e. The quantitative estimate of drug-likeness (QED) is 0.887. The first kappa shape index (κ1) is 14.6. The number of rotatable bonds is 6. The second-order valence-corrected chi connectivity index (χ2v) is 5.62. The maximum Gasteiger partial charge on any atom is 0.134 e. The molecular weight excluding hydrogens is 266 g/mol. The third-order valence-corrected chi connectivity index (χ3v) is 4.12. The zero-order chi connectivity index (χ0) is 14.5. The Balaban J connectivity index is 1.56. The fraction of sp³-hybridized carbons (Fsp3) is 0.529. The van der Waals surface area contributed by atoms with E-state index in [9.17, 15) is 0 Å². The number of hydrogen-bond donors (Lipinski definition) is 1. The minimum absolute atomic E-state index is 0.0947. The van der Waals surface area contributed by atoms with Gasteiger partial charge in [-0.05, 0) is 37.9 Å². The minimum atomic E-state index is 0.0947. The predicted octanol–water partition coefficient (Wildman–Crippen LogP) is 3.14. The maximum atomic E-state index is 5.90. The number of hydrogen-bond acceptors (Lipinski definition) is 4. The summed E-state index contributed by atoms with van der Waals surface area (Å²) in [7, 11) is 1.94. The number of furan rings is 1. The van der Waals surface area contributed by atoms with Gasteiger partial charge in [-0.3, -0.25) is 0 Å². The Kier molecular flexibility index (Phi) is 4.91. The molecule has 1 fully saturated rings. The summed E-state index contributed by atoms with van der Waals surface area (Å²) in [4.78, 5) is 0. The van der Waals surface area contributed by atoms with Crippen molar-refractivity contribution in [2.75, 3.05) is 33.5 Å². The lowest BCUT2D eigenvalue weighted by Crippen LogP contribution is -2.25. The molecule has 0 aliphatic carbocycles. The second kappa shape index (κ2) is 7.07. The molecule has 4 nitrogen and oxygen atoms in total. The molecule has 0 radical (unpaired) electrons. The van der Waals surface area contributed by atoms with Crippen LogP contribution < -0.4 is 5.32 Å². The molecule has 21 heavy (non-hydrogen) atoms. The maximum absolute atomic E-state index is 5.90. The lowest BCUT2D eigenvalue weighted by molar-refractivity contribution is 0.0144. The Labute approximate surface area is 125 Å². The molecule has 0 bridgehead atoms. The van der Waals surface area contributed by atoms with Crippen LogP contribution in [0.4, 0.5) is 0 Å². The highest BCUT2D eigenvalue weighted by atomic mass is 16.5. The van der Waals surface area contributed by atoms with E-state index in [0.29, 0.717) is 12.5 Å². The zero-order valence-corrected chi connectivity index (χ0v) is 12.5. The molecule has 1 atom stereocenters. The van der Waals surface area contributed by atoms with Crippen molar-refractivity contribution in [3.8, 4) is 0 Å². The monoisotopic (exact) mass is 289 g/mol. The average Bonchev–Trinajstić information content (AvgIpc) is 2.96. The lowest BCUT2D eigenvalue weighted by atomic mass is 10.0. The summed E-state index contributed by atoms with van der Waals surface area (Å²) in [6.07, 6.45) is 2.21. The average molecular weight is 289 g/mol. The number of nitrogens with one attached hydrogen (secondary N) is 1. The number of fused-ring (bicyclic) bond motifs is 1. The highest BCUT2D eigenvalue weighted by molar-refractivity contribution is 5.77. The largest absolute Gasteiger partial charge is 0.459 e. The van der Waals surface area contributed by atoms with Crippen molar-refractivity contribution in [2.45, 2.75) is 18.9 Å². The van der Waals surface area contributed by atoms with E-state index in [1.807, 2.05) is 25.2 Å². The molecule has 0 amide bonds. The lowest BCUT2D eigenvalue weighted by Gasteiger charge is -2.23. The van der Waals surface area contributed by atoms with Gasteiger partial charge in [0.25, 0.3) is 0 Å². The van der Waals surface area contributed by atoms with Crippen molar-refractivity contribution in [3.63, 3.8) is 0 Å². The number of likely N-dealkylation sites (N-methyl/N-ethyl adjacent to an activating group) is 1. The smallest absolute Gasteiger partial charge is 0.134 e. The highest BCUT2D eigenvalue weighted by Crippen LogP contribution is 2.24. The molecule has 0 saturated carbocycles. The predicted molar refractivity (Wildman–Crippen MR) is 82.4 cm³/mol. The first-order valence-electron chi connectivity index (χ1n) is 7.68. The van der Waals surface area contributed by atoms with Crippen LogP contribution in [0.15, 0.2) is 34.7 Å². The van der Waals surface area contributed by atoms with Crippen molar-refractivity contribution in [1.82, 2.24) is 5.32 Å². The fourth-order valence-corrected chi connectivity index (χ4v) is 2.75. The van der Waals surface area contributed by atoms with Gasteiger partial charge in [-0.1, -0.05) is 18.2 Å². The van der Waals surface area contributed by atoms with Gasteiger partial charge >= 0.3 is 0 Å². The van der Waals surface area contributed by atoms with Crippen LogP contribution in [0.3, 0.4) is 0 Å². The molecule has 2 aromatic rings. The Morgan fingerprint density at radius 1 is 1.29 bits per heavy atom. The van der Waals surface area contributed by atoms with Crippen LogP contribution in [-0.2, 0) is 9.47 Å². The number of benzene rings is 1. The molecule has 1 aliphatic rings. The van der Waals surface area contributed by atoms with Gasteiger partial charge in [-0.15, -0.1) is 0 Å². The van der Waals surface area contributed by atoms with Crippen LogP contribution in [0.25, 0.3) is 11.0 Å². The summed E-state index contributed by atoms with van der Waals surface area (Å²) in [6.45, 7) is 3.18. The van der Waals surface area contributed by atoms with E-state index in [1.54, 1.807) is 0 Å². The Morgan fingerprint density at radius 3 is 2.86 bits per heavy atom. The van der Waals surface area contributed by atoms with Crippen molar-refractivity contribution < 1.29 is 13.9 Å². The highest BCUT2D eigenvalue weighted by Gasteiger charge is 2.17. The van der Waals surface area contributed by atoms with E-state index in [2.05, 4.69) is 17.4 Å². The summed E-state index contributed by atoms with van der Waals surface area (Å²) in [6, 6.07) is 10.3. The van der Waals surface area contributed by atoms with Crippen LogP contribution in [0.2, 0.25) is 0 Å². The van der Waals surface area contributed by atoms with E-state index >= 15 is 0 Å². The molecule has 4 heteroatoms. The normalized spacial score (nSPS) is 18.1. The van der Waals surface area contributed by atoms with Crippen LogP contribution >= 0.6 is 0 Å². The molecule has 1 aliphatic heterocycles. The van der Waals surface area contributed by atoms with Gasteiger partial charge in [0.05, 0.1) is 12.6 Å².